The van der Waals surface area contributed by atoms with Gasteiger partial charge in [0.1, 0.15) is 0 Å². The number of nitrogens with zero attached hydrogens (tertiary/aromatic N) is 3. The molecule has 0 radical (unpaired) electrons. The van der Waals surface area contributed by atoms with Gasteiger partial charge < -0.3 is 9.47 Å². The van der Waals surface area contributed by atoms with Gasteiger partial charge in [0.2, 0.25) is 5.95 Å². The standard InChI is InChI=1S/C9H15N3/c1-3-8-7-10-9-11(2)5-4-6-12(8)9/h7H,3-6H2,1-2H3. The van der Waals surface area contributed by atoms with E-state index in [9.17, 15) is 0 Å². The predicted molar refractivity (Wildman–Crippen MR) is 49.5 cm³/mol. The van der Waals surface area contributed by atoms with Gasteiger partial charge >= 0.3 is 0 Å². The molecule has 1 aliphatic heterocycles. The van der Waals surface area contributed by atoms with E-state index in [1.807, 2.05) is 6.20 Å². The van der Waals surface area contributed by atoms with E-state index in [0.29, 0.717) is 0 Å². The number of rotatable bonds is 1. The van der Waals surface area contributed by atoms with Crippen LogP contribution in [0.1, 0.15) is 19.0 Å². The van der Waals surface area contributed by atoms with Crippen molar-refractivity contribution in [1.29, 1.82) is 0 Å². The molecule has 0 aromatic carbocycles. The SMILES string of the molecule is CCc1cnc2n1CCCN2C. The number of hydrogen-bond acceptors (Lipinski definition) is 2. The monoisotopic (exact) mass is 165 g/mol. The zero-order valence-corrected chi connectivity index (χ0v) is 7.75. The Bertz CT molecular complexity index is 277. The number of imidazole rings is 1. The van der Waals surface area contributed by atoms with Crippen molar-refractivity contribution in [3.63, 3.8) is 0 Å². The van der Waals surface area contributed by atoms with Gasteiger partial charge in [0.25, 0.3) is 0 Å². The summed E-state index contributed by atoms with van der Waals surface area (Å²) >= 11 is 0. The molecule has 3 nitrogen and oxygen atoms in total. The number of fused-ring (bicyclic) bond motifs is 1. The largest absolute Gasteiger partial charge is 0.345 e. The third-order valence-electron chi connectivity index (χ3n) is 2.50. The van der Waals surface area contributed by atoms with E-state index in [4.69, 9.17) is 0 Å². The summed E-state index contributed by atoms with van der Waals surface area (Å²) in [5.41, 5.74) is 1.36. The van der Waals surface area contributed by atoms with Crippen molar-refractivity contribution < 1.29 is 0 Å². The van der Waals surface area contributed by atoms with E-state index < -0.39 is 0 Å². The van der Waals surface area contributed by atoms with Crippen LogP contribution in [-0.2, 0) is 13.0 Å². The minimum atomic E-state index is 1.08. The smallest absolute Gasteiger partial charge is 0.205 e. The lowest BCUT2D eigenvalue weighted by atomic mass is 10.3. The van der Waals surface area contributed by atoms with E-state index in [2.05, 4.69) is 28.4 Å². The molecule has 0 N–H and O–H groups in total. The van der Waals surface area contributed by atoms with E-state index in [1.165, 1.54) is 12.1 Å². The topological polar surface area (TPSA) is 21.1 Å². The van der Waals surface area contributed by atoms with E-state index in [1.54, 1.807) is 0 Å². The molecule has 0 saturated heterocycles. The molecule has 1 aromatic heterocycles. The summed E-state index contributed by atoms with van der Waals surface area (Å²) in [7, 11) is 2.11. The number of anilines is 1. The average Bonchev–Trinajstić information content (AvgIpc) is 2.49. The molecule has 0 aliphatic carbocycles. The van der Waals surface area contributed by atoms with Gasteiger partial charge in [-0.2, -0.15) is 0 Å². The van der Waals surface area contributed by atoms with Crippen molar-refractivity contribution in [3.05, 3.63) is 11.9 Å². The summed E-state index contributed by atoms with van der Waals surface area (Å²) < 4.78 is 2.32. The van der Waals surface area contributed by atoms with E-state index in [-0.39, 0.29) is 0 Å². The van der Waals surface area contributed by atoms with Gasteiger partial charge in [-0.1, -0.05) is 6.92 Å². The van der Waals surface area contributed by atoms with Gasteiger partial charge in [-0.15, -0.1) is 0 Å². The number of aromatic nitrogens is 2. The highest BCUT2D eigenvalue weighted by Crippen LogP contribution is 2.19. The Morgan fingerprint density at radius 2 is 2.33 bits per heavy atom. The molecule has 2 rings (SSSR count). The van der Waals surface area contributed by atoms with E-state index >= 15 is 0 Å². The lowest BCUT2D eigenvalue weighted by Crippen LogP contribution is -2.28. The van der Waals surface area contributed by atoms with Crippen LogP contribution in [0, 0.1) is 0 Å². The van der Waals surface area contributed by atoms with Crippen LogP contribution in [0.15, 0.2) is 6.20 Å². The number of hydrogen-bond donors (Lipinski definition) is 0. The summed E-state index contributed by atoms with van der Waals surface area (Å²) in [5, 5.41) is 0. The highest BCUT2D eigenvalue weighted by atomic mass is 15.3. The Labute approximate surface area is 73.0 Å². The second kappa shape index (κ2) is 2.81. The predicted octanol–water partition coefficient (Wildman–Crippen LogP) is 1.29. The van der Waals surface area contributed by atoms with Gasteiger partial charge in [-0.3, -0.25) is 0 Å². The summed E-state index contributed by atoms with van der Waals surface area (Å²) in [6.07, 6.45) is 4.32. The second-order valence-electron chi connectivity index (χ2n) is 3.33. The Hall–Kier alpha value is -0.990. The third kappa shape index (κ3) is 1.00. The van der Waals surface area contributed by atoms with Gasteiger partial charge in [0.05, 0.1) is 6.20 Å². The maximum Gasteiger partial charge on any atom is 0.205 e. The summed E-state index contributed by atoms with van der Waals surface area (Å²) in [5.74, 6) is 1.14. The van der Waals surface area contributed by atoms with Crippen molar-refractivity contribution >= 4 is 5.95 Å². The van der Waals surface area contributed by atoms with Gasteiger partial charge in [-0.05, 0) is 12.8 Å². The Morgan fingerprint density at radius 3 is 3.08 bits per heavy atom. The molecule has 0 spiro atoms. The fourth-order valence-electron chi connectivity index (χ4n) is 1.80. The van der Waals surface area contributed by atoms with Crippen LogP contribution in [0.3, 0.4) is 0 Å². The average molecular weight is 165 g/mol. The molecule has 0 unspecified atom stereocenters. The van der Waals surface area contributed by atoms with Crippen molar-refractivity contribution in [2.24, 2.45) is 0 Å². The van der Waals surface area contributed by atoms with E-state index in [0.717, 1.165) is 25.5 Å². The summed E-state index contributed by atoms with van der Waals surface area (Å²) in [6, 6.07) is 0. The second-order valence-corrected chi connectivity index (χ2v) is 3.33. The van der Waals surface area contributed by atoms with Crippen LogP contribution in [0.25, 0.3) is 0 Å². The molecule has 0 bridgehead atoms. The zero-order chi connectivity index (χ0) is 8.55. The molecule has 1 aliphatic rings. The number of aryl methyl sites for hydroxylation is 1. The Morgan fingerprint density at radius 1 is 1.50 bits per heavy atom. The molecule has 0 saturated carbocycles. The maximum absolute atomic E-state index is 4.40. The Balaban J connectivity index is 2.41. The van der Waals surface area contributed by atoms with Crippen LogP contribution in [0.5, 0.6) is 0 Å². The lowest BCUT2D eigenvalue weighted by molar-refractivity contribution is 0.563. The van der Waals surface area contributed by atoms with Crippen molar-refractivity contribution in [3.8, 4) is 0 Å². The molecular weight excluding hydrogens is 150 g/mol. The van der Waals surface area contributed by atoms with Crippen molar-refractivity contribution in [1.82, 2.24) is 9.55 Å². The first-order valence-electron chi connectivity index (χ1n) is 4.58. The highest BCUT2D eigenvalue weighted by Gasteiger charge is 2.16. The molecule has 2 heterocycles. The van der Waals surface area contributed by atoms with Gasteiger partial charge in [0.15, 0.2) is 0 Å². The molecule has 66 valence electrons. The fourth-order valence-corrected chi connectivity index (χ4v) is 1.80. The Kier molecular flexibility index (Phi) is 1.79. The normalized spacial score (nSPS) is 16.3. The lowest BCUT2D eigenvalue weighted by Gasteiger charge is -2.25. The van der Waals surface area contributed by atoms with Gasteiger partial charge in [0, 0.05) is 25.8 Å². The molecular formula is C9H15N3. The molecule has 12 heavy (non-hydrogen) atoms. The zero-order valence-electron chi connectivity index (χ0n) is 7.75. The molecule has 0 amide bonds. The molecule has 3 heteroatoms. The van der Waals surface area contributed by atoms with Crippen LogP contribution < -0.4 is 4.90 Å². The van der Waals surface area contributed by atoms with Crippen molar-refractivity contribution in [2.75, 3.05) is 18.5 Å². The molecule has 0 fully saturated rings. The van der Waals surface area contributed by atoms with Crippen LogP contribution in [-0.4, -0.2) is 23.1 Å². The summed E-state index contributed by atoms with van der Waals surface area (Å²) in [4.78, 5) is 6.62. The van der Waals surface area contributed by atoms with Crippen LogP contribution >= 0.6 is 0 Å². The van der Waals surface area contributed by atoms with Crippen LogP contribution in [0.2, 0.25) is 0 Å². The van der Waals surface area contributed by atoms with Crippen LogP contribution in [0.4, 0.5) is 5.95 Å². The third-order valence-corrected chi connectivity index (χ3v) is 2.50. The van der Waals surface area contributed by atoms with Gasteiger partial charge in [-0.25, -0.2) is 4.98 Å². The highest BCUT2D eigenvalue weighted by molar-refractivity contribution is 5.34. The fraction of sp³-hybridized carbons (Fsp3) is 0.667. The molecule has 1 aromatic rings. The van der Waals surface area contributed by atoms with Crippen molar-refractivity contribution in [2.45, 2.75) is 26.3 Å². The minimum Gasteiger partial charge on any atom is -0.345 e. The molecule has 0 atom stereocenters. The first-order valence-corrected chi connectivity index (χ1v) is 4.58. The maximum atomic E-state index is 4.40. The quantitative estimate of drug-likeness (QED) is 0.625. The first-order chi connectivity index (χ1) is 5.83. The summed E-state index contributed by atoms with van der Waals surface area (Å²) in [6.45, 7) is 4.46. The minimum absolute atomic E-state index is 1.08. The first kappa shape index (κ1) is 7.65.